The quantitative estimate of drug-likeness (QED) is 0.574. The summed E-state index contributed by atoms with van der Waals surface area (Å²) in [7, 11) is 1.55. The minimum Gasteiger partial charge on any atom is -0.496 e. The second-order valence-corrected chi connectivity index (χ2v) is 5.80. The Balaban J connectivity index is 1.71. The lowest BCUT2D eigenvalue weighted by atomic mass is 10.1. The molecule has 0 fully saturated rings. The molecule has 1 heterocycles. The first-order chi connectivity index (χ1) is 12.8. The molecule has 26 heavy (non-hydrogen) atoms. The van der Waals surface area contributed by atoms with Crippen LogP contribution in [0.5, 0.6) is 5.75 Å². The summed E-state index contributed by atoms with van der Waals surface area (Å²) >= 11 is 0. The Morgan fingerprint density at radius 2 is 1.69 bits per heavy atom. The third kappa shape index (κ3) is 2.91. The number of carbonyl (C=O) groups is 1. The molecule has 1 amide bonds. The van der Waals surface area contributed by atoms with Gasteiger partial charge < -0.3 is 15.0 Å². The fraction of sp³-hybridized carbons (Fsp3) is 0.0476. The number of fused-ring (bicyclic) bond motifs is 1. The molecule has 0 spiro atoms. The highest BCUT2D eigenvalue weighted by molar-refractivity contribution is 6.07. The third-order valence-electron chi connectivity index (χ3n) is 4.17. The van der Waals surface area contributed by atoms with Crippen LogP contribution < -0.4 is 10.1 Å². The van der Waals surface area contributed by atoms with E-state index >= 15 is 0 Å². The number of H-pyrrole nitrogens is 1. The van der Waals surface area contributed by atoms with Gasteiger partial charge in [0.1, 0.15) is 11.6 Å². The number of rotatable bonds is 4. The summed E-state index contributed by atoms with van der Waals surface area (Å²) in [5.41, 5.74) is 3.82. The zero-order chi connectivity index (χ0) is 17.9. The number of imidazole rings is 1. The van der Waals surface area contributed by atoms with Gasteiger partial charge in [-0.1, -0.05) is 36.4 Å². The molecule has 2 N–H and O–H groups in total. The van der Waals surface area contributed by atoms with Crippen LogP contribution in [-0.2, 0) is 0 Å². The predicted molar refractivity (Wildman–Crippen MR) is 102 cm³/mol. The van der Waals surface area contributed by atoms with Crippen molar-refractivity contribution in [2.75, 3.05) is 12.4 Å². The number of benzene rings is 3. The van der Waals surface area contributed by atoms with Gasteiger partial charge in [0.2, 0.25) is 0 Å². The fourth-order valence-corrected chi connectivity index (χ4v) is 2.90. The molecule has 3 aromatic carbocycles. The Morgan fingerprint density at radius 1 is 0.962 bits per heavy atom. The molecule has 0 atom stereocenters. The lowest BCUT2D eigenvalue weighted by Gasteiger charge is -2.11. The standard InChI is InChI=1S/C21H17N3O2/c1-26-19-13-7-3-9-15(19)21(25)24-16-10-4-2-8-14(16)20-22-17-11-5-6-12-18(17)23-20/h2-13H,1H3,(H,22,23)(H,24,25). The van der Waals surface area contributed by atoms with Crippen molar-refractivity contribution in [2.24, 2.45) is 0 Å². The van der Waals surface area contributed by atoms with Gasteiger partial charge in [-0.25, -0.2) is 4.98 Å². The molecule has 1 aromatic heterocycles. The van der Waals surface area contributed by atoms with E-state index in [0.29, 0.717) is 22.8 Å². The van der Waals surface area contributed by atoms with Gasteiger partial charge in [0.05, 0.1) is 29.4 Å². The molecule has 128 valence electrons. The van der Waals surface area contributed by atoms with E-state index in [0.717, 1.165) is 16.6 Å². The molecule has 4 rings (SSSR count). The van der Waals surface area contributed by atoms with Crippen LogP contribution in [-0.4, -0.2) is 23.0 Å². The summed E-state index contributed by atoms with van der Waals surface area (Å²) in [6.45, 7) is 0. The highest BCUT2D eigenvalue weighted by atomic mass is 16.5. The van der Waals surface area contributed by atoms with Crippen LogP contribution in [0, 0.1) is 0 Å². The van der Waals surface area contributed by atoms with E-state index in [9.17, 15) is 4.79 Å². The van der Waals surface area contributed by atoms with Crippen molar-refractivity contribution in [2.45, 2.75) is 0 Å². The number of carbonyl (C=O) groups excluding carboxylic acids is 1. The first kappa shape index (κ1) is 15.9. The first-order valence-electron chi connectivity index (χ1n) is 8.25. The average Bonchev–Trinajstić information content (AvgIpc) is 3.12. The Bertz CT molecular complexity index is 1050. The molecular weight excluding hydrogens is 326 g/mol. The Labute approximate surface area is 150 Å². The highest BCUT2D eigenvalue weighted by Gasteiger charge is 2.15. The monoisotopic (exact) mass is 343 g/mol. The van der Waals surface area contributed by atoms with Crippen LogP contribution in [0.15, 0.2) is 72.8 Å². The lowest BCUT2D eigenvalue weighted by Crippen LogP contribution is -2.13. The van der Waals surface area contributed by atoms with E-state index in [1.165, 1.54) is 0 Å². The first-order valence-corrected chi connectivity index (χ1v) is 8.25. The molecule has 5 heteroatoms. The van der Waals surface area contributed by atoms with Crippen molar-refractivity contribution in [3.8, 4) is 17.1 Å². The molecule has 5 nitrogen and oxygen atoms in total. The minimum absolute atomic E-state index is 0.231. The van der Waals surface area contributed by atoms with Crippen LogP contribution in [0.4, 0.5) is 5.69 Å². The molecule has 0 aliphatic rings. The number of hydrogen-bond acceptors (Lipinski definition) is 3. The van der Waals surface area contributed by atoms with Gasteiger partial charge in [-0.15, -0.1) is 0 Å². The number of anilines is 1. The maximum absolute atomic E-state index is 12.7. The van der Waals surface area contributed by atoms with Gasteiger partial charge in [0, 0.05) is 5.56 Å². The second kappa shape index (κ2) is 6.72. The van der Waals surface area contributed by atoms with Crippen molar-refractivity contribution in [3.05, 3.63) is 78.4 Å². The predicted octanol–water partition coefficient (Wildman–Crippen LogP) is 4.49. The van der Waals surface area contributed by atoms with E-state index in [1.54, 1.807) is 19.2 Å². The lowest BCUT2D eigenvalue weighted by molar-refractivity contribution is 0.102. The summed E-state index contributed by atoms with van der Waals surface area (Å²) in [5, 5.41) is 2.97. The third-order valence-corrected chi connectivity index (χ3v) is 4.17. The van der Waals surface area contributed by atoms with E-state index < -0.39 is 0 Å². The normalized spacial score (nSPS) is 10.7. The van der Waals surface area contributed by atoms with Crippen molar-refractivity contribution in [3.63, 3.8) is 0 Å². The maximum atomic E-state index is 12.7. The van der Waals surface area contributed by atoms with Crippen LogP contribution in [0.25, 0.3) is 22.4 Å². The second-order valence-electron chi connectivity index (χ2n) is 5.80. The number of nitrogens with zero attached hydrogens (tertiary/aromatic N) is 1. The molecule has 0 saturated heterocycles. The number of para-hydroxylation sites is 4. The van der Waals surface area contributed by atoms with Gasteiger partial charge in [0.15, 0.2) is 0 Å². The minimum atomic E-state index is -0.231. The Morgan fingerprint density at radius 3 is 2.54 bits per heavy atom. The maximum Gasteiger partial charge on any atom is 0.259 e. The number of ether oxygens (including phenoxy) is 1. The number of hydrogen-bond donors (Lipinski definition) is 2. The Hall–Kier alpha value is -3.60. The summed E-state index contributed by atoms with van der Waals surface area (Å²) in [6, 6.07) is 22.5. The van der Waals surface area contributed by atoms with Crippen LogP contribution in [0.3, 0.4) is 0 Å². The summed E-state index contributed by atoms with van der Waals surface area (Å²) < 4.78 is 5.28. The number of aromatic amines is 1. The number of nitrogens with one attached hydrogen (secondary N) is 2. The molecule has 0 aliphatic heterocycles. The fourth-order valence-electron chi connectivity index (χ4n) is 2.90. The van der Waals surface area contributed by atoms with Gasteiger partial charge in [-0.05, 0) is 36.4 Å². The zero-order valence-corrected chi connectivity index (χ0v) is 14.2. The molecule has 0 bridgehead atoms. The molecule has 0 radical (unpaired) electrons. The topological polar surface area (TPSA) is 67.0 Å². The van der Waals surface area contributed by atoms with E-state index in [4.69, 9.17) is 4.74 Å². The van der Waals surface area contributed by atoms with Crippen LogP contribution >= 0.6 is 0 Å². The van der Waals surface area contributed by atoms with Gasteiger partial charge >= 0.3 is 0 Å². The molecule has 0 unspecified atom stereocenters. The molecule has 0 saturated carbocycles. The summed E-state index contributed by atoms with van der Waals surface area (Å²) in [4.78, 5) is 20.7. The van der Waals surface area contributed by atoms with Crippen molar-refractivity contribution < 1.29 is 9.53 Å². The van der Waals surface area contributed by atoms with Gasteiger partial charge in [0.25, 0.3) is 5.91 Å². The molecular formula is C21H17N3O2. The average molecular weight is 343 g/mol. The molecule has 0 aliphatic carbocycles. The highest BCUT2D eigenvalue weighted by Crippen LogP contribution is 2.28. The van der Waals surface area contributed by atoms with E-state index in [-0.39, 0.29) is 5.91 Å². The number of aromatic nitrogens is 2. The van der Waals surface area contributed by atoms with Gasteiger partial charge in [-0.3, -0.25) is 4.79 Å². The largest absolute Gasteiger partial charge is 0.496 e. The van der Waals surface area contributed by atoms with Crippen LogP contribution in [0.2, 0.25) is 0 Å². The van der Waals surface area contributed by atoms with Crippen molar-refractivity contribution in [1.29, 1.82) is 0 Å². The van der Waals surface area contributed by atoms with Gasteiger partial charge in [-0.2, -0.15) is 0 Å². The van der Waals surface area contributed by atoms with Crippen LogP contribution in [0.1, 0.15) is 10.4 Å². The zero-order valence-electron chi connectivity index (χ0n) is 14.2. The smallest absolute Gasteiger partial charge is 0.259 e. The summed E-state index contributed by atoms with van der Waals surface area (Å²) in [5.74, 6) is 1.01. The Kier molecular flexibility index (Phi) is 4.11. The van der Waals surface area contributed by atoms with Crippen molar-refractivity contribution in [1.82, 2.24) is 9.97 Å². The molecule has 4 aromatic rings. The number of amides is 1. The van der Waals surface area contributed by atoms with Crippen molar-refractivity contribution >= 4 is 22.6 Å². The SMILES string of the molecule is COc1ccccc1C(=O)Nc1ccccc1-c1nc2ccccc2[nH]1. The summed E-state index contributed by atoms with van der Waals surface area (Å²) in [6.07, 6.45) is 0. The van der Waals surface area contributed by atoms with E-state index in [1.807, 2.05) is 60.7 Å². The number of methoxy groups -OCH3 is 1. The van der Waals surface area contributed by atoms with E-state index in [2.05, 4.69) is 15.3 Å².